The maximum Gasteiger partial charge on any atom is 0.422 e. The minimum absolute atomic E-state index is 0.0344. The Labute approximate surface area is 280 Å². The van der Waals surface area contributed by atoms with E-state index in [1.54, 1.807) is 13.8 Å². The van der Waals surface area contributed by atoms with Crippen LogP contribution in [0.15, 0.2) is 55.4 Å². The van der Waals surface area contributed by atoms with Crippen molar-refractivity contribution in [2.75, 3.05) is 55.4 Å². The highest BCUT2D eigenvalue weighted by molar-refractivity contribution is 6.03. The normalized spacial score (nSPS) is 17.8. The van der Waals surface area contributed by atoms with E-state index in [-0.39, 0.29) is 40.3 Å². The van der Waals surface area contributed by atoms with Crippen LogP contribution in [0.3, 0.4) is 0 Å². The van der Waals surface area contributed by atoms with Crippen LogP contribution >= 0.6 is 0 Å². The summed E-state index contributed by atoms with van der Waals surface area (Å²) >= 11 is 0. The zero-order valence-corrected chi connectivity index (χ0v) is 27.5. The molecule has 258 valence electrons. The van der Waals surface area contributed by atoms with Gasteiger partial charge in [-0.25, -0.2) is 14.8 Å². The Morgan fingerprint density at radius 3 is 2.47 bits per heavy atom. The Morgan fingerprint density at radius 1 is 1.08 bits per heavy atom. The number of rotatable bonds is 10. The molecule has 2 aliphatic rings. The minimum Gasteiger partial charge on any atom is -0.466 e. The van der Waals surface area contributed by atoms with Gasteiger partial charge in [0.25, 0.3) is 0 Å². The van der Waals surface area contributed by atoms with E-state index >= 15 is 0 Å². The molecule has 0 bridgehead atoms. The summed E-state index contributed by atoms with van der Waals surface area (Å²) in [5.41, 5.74) is 2.05. The Bertz CT molecular complexity index is 1900. The molecular weight excluding hydrogens is 641 g/mol. The van der Waals surface area contributed by atoms with Crippen molar-refractivity contribution in [2.45, 2.75) is 26.1 Å². The van der Waals surface area contributed by atoms with Crippen LogP contribution in [0.25, 0.3) is 22.2 Å². The van der Waals surface area contributed by atoms with Crippen molar-refractivity contribution in [1.82, 2.24) is 24.4 Å². The van der Waals surface area contributed by atoms with E-state index in [4.69, 9.17) is 9.47 Å². The SMILES string of the molecule is C=CC(=O)Nc1cc(Nc2ncc(C(=O)OC(C)C)c(-c3cn(C)c4ccccc34)n2)c(OCC(F)(F)F)nc1N1C[C@H]2CN(C)C[C@H]2C1. The summed E-state index contributed by atoms with van der Waals surface area (Å²) in [7, 11) is 3.91. The van der Waals surface area contributed by atoms with Crippen molar-refractivity contribution < 1.29 is 32.2 Å². The first kappa shape index (κ1) is 33.7. The van der Waals surface area contributed by atoms with Gasteiger partial charge in [-0.15, -0.1) is 0 Å². The van der Waals surface area contributed by atoms with E-state index in [2.05, 4.69) is 37.1 Å². The number of pyridine rings is 1. The van der Waals surface area contributed by atoms with Crippen molar-refractivity contribution in [3.63, 3.8) is 0 Å². The molecule has 0 aliphatic carbocycles. The molecule has 4 aromatic rings. The van der Waals surface area contributed by atoms with Crippen LogP contribution < -0.4 is 20.3 Å². The Balaban J connectivity index is 1.44. The predicted molar refractivity (Wildman–Crippen MR) is 179 cm³/mol. The number of aryl methyl sites for hydroxylation is 1. The average Bonchev–Trinajstić information content (AvgIpc) is 3.70. The molecule has 1 amide bonds. The largest absolute Gasteiger partial charge is 0.466 e. The zero-order valence-electron chi connectivity index (χ0n) is 27.5. The highest BCUT2D eigenvalue weighted by Gasteiger charge is 2.40. The van der Waals surface area contributed by atoms with Gasteiger partial charge in [0.1, 0.15) is 11.3 Å². The number of anilines is 4. The Kier molecular flexibility index (Phi) is 9.20. The summed E-state index contributed by atoms with van der Waals surface area (Å²) in [5.74, 6) is -0.630. The summed E-state index contributed by atoms with van der Waals surface area (Å²) in [4.78, 5) is 43.5. The van der Waals surface area contributed by atoms with E-state index in [0.29, 0.717) is 30.5 Å². The molecule has 0 radical (unpaired) electrons. The summed E-state index contributed by atoms with van der Waals surface area (Å²) in [6.45, 7) is 8.34. The van der Waals surface area contributed by atoms with E-state index in [1.165, 1.54) is 12.3 Å². The Morgan fingerprint density at radius 2 is 1.80 bits per heavy atom. The molecular formula is C34H37F3N8O4. The lowest BCUT2D eigenvalue weighted by molar-refractivity contribution is -0.153. The fourth-order valence-corrected chi connectivity index (χ4v) is 6.48. The highest BCUT2D eigenvalue weighted by atomic mass is 19.4. The number of carbonyl (C=O) groups excluding carboxylic acids is 2. The molecule has 12 nitrogen and oxygen atoms in total. The van der Waals surface area contributed by atoms with Gasteiger partial charge in [0.2, 0.25) is 17.7 Å². The van der Waals surface area contributed by atoms with Gasteiger partial charge in [-0.1, -0.05) is 24.8 Å². The number of fused-ring (bicyclic) bond motifs is 2. The number of para-hydroxylation sites is 1. The molecule has 0 unspecified atom stereocenters. The van der Waals surface area contributed by atoms with Gasteiger partial charge in [0.05, 0.1) is 17.5 Å². The second-order valence-electron chi connectivity index (χ2n) is 12.7. The fourth-order valence-electron chi connectivity index (χ4n) is 6.48. The highest BCUT2D eigenvalue weighted by Crippen LogP contribution is 2.41. The van der Waals surface area contributed by atoms with Crippen molar-refractivity contribution in [1.29, 1.82) is 0 Å². The molecule has 0 spiro atoms. The van der Waals surface area contributed by atoms with Gasteiger partial charge in [-0.2, -0.15) is 18.2 Å². The van der Waals surface area contributed by atoms with Crippen LogP contribution in [0.4, 0.5) is 36.3 Å². The lowest BCUT2D eigenvalue weighted by Gasteiger charge is -2.25. The molecule has 49 heavy (non-hydrogen) atoms. The number of hydrogen-bond acceptors (Lipinski definition) is 10. The van der Waals surface area contributed by atoms with Crippen LogP contribution in [0, 0.1) is 11.8 Å². The number of likely N-dealkylation sites (tertiary alicyclic amines) is 1. The number of carbonyl (C=O) groups is 2. The number of nitrogens with one attached hydrogen (secondary N) is 2. The second kappa shape index (κ2) is 13.4. The molecule has 5 heterocycles. The first-order chi connectivity index (χ1) is 23.3. The van der Waals surface area contributed by atoms with Gasteiger partial charge >= 0.3 is 12.1 Å². The maximum absolute atomic E-state index is 13.4. The van der Waals surface area contributed by atoms with Gasteiger partial charge in [-0.3, -0.25) is 4.79 Å². The van der Waals surface area contributed by atoms with Crippen LogP contribution in [0.5, 0.6) is 5.88 Å². The van der Waals surface area contributed by atoms with Gasteiger partial charge in [0.15, 0.2) is 12.4 Å². The molecule has 2 aliphatic heterocycles. The summed E-state index contributed by atoms with van der Waals surface area (Å²) in [6.07, 6.45) is -0.851. The molecule has 3 aromatic heterocycles. The number of ether oxygens (including phenoxy) is 2. The number of benzene rings is 1. The third-order valence-corrected chi connectivity index (χ3v) is 8.50. The average molecular weight is 679 g/mol. The summed E-state index contributed by atoms with van der Waals surface area (Å²) in [6, 6.07) is 9.01. The maximum atomic E-state index is 13.4. The van der Waals surface area contributed by atoms with Gasteiger partial charge < -0.3 is 34.5 Å². The van der Waals surface area contributed by atoms with E-state index in [1.807, 2.05) is 54.0 Å². The fraction of sp³-hybridized carbons (Fsp3) is 0.382. The molecule has 6 rings (SSSR count). The van der Waals surface area contributed by atoms with Crippen molar-refractivity contribution in [3.05, 3.63) is 60.9 Å². The van der Waals surface area contributed by atoms with Gasteiger partial charge in [0, 0.05) is 62.1 Å². The lowest BCUT2D eigenvalue weighted by Crippen LogP contribution is -2.29. The third-order valence-electron chi connectivity index (χ3n) is 8.50. The molecule has 2 atom stereocenters. The molecule has 2 N–H and O–H groups in total. The van der Waals surface area contributed by atoms with Crippen molar-refractivity contribution in [3.8, 4) is 17.1 Å². The topological polar surface area (TPSA) is 127 Å². The van der Waals surface area contributed by atoms with Crippen molar-refractivity contribution >= 4 is 45.9 Å². The van der Waals surface area contributed by atoms with Gasteiger partial charge in [-0.05, 0) is 50.9 Å². The van der Waals surface area contributed by atoms with E-state index < -0.39 is 30.8 Å². The summed E-state index contributed by atoms with van der Waals surface area (Å²) in [5, 5.41) is 6.49. The second-order valence-corrected chi connectivity index (χ2v) is 12.7. The van der Waals surface area contributed by atoms with Crippen LogP contribution in [0.2, 0.25) is 0 Å². The monoisotopic (exact) mass is 678 g/mol. The van der Waals surface area contributed by atoms with E-state index in [9.17, 15) is 22.8 Å². The molecule has 2 saturated heterocycles. The number of amides is 1. The lowest BCUT2D eigenvalue weighted by atomic mass is 10.0. The minimum atomic E-state index is -4.65. The molecule has 15 heteroatoms. The van der Waals surface area contributed by atoms with Crippen LogP contribution in [-0.2, 0) is 16.6 Å². The first-order valence-electron chi connectivity index (χ1n) is 15.8. The molecule has 0 saturated carbocycles. The smallest absolute Gasteiger partial charge is 0.422 e. The number of esters is 1. The zero-order chi connectivity index (χ0) is 35.0. The predicted octanol–water partition coefficient (Wildman–Crippen LogP) is 5.40. The first-order valence-corrected chi connectivity index (χ1v) is 15.8. The number of aromatic nitrogens is 4. The quantitative estimate of drug-likeness (QED) is 0.166. The molecule has 2 fully saturated rings. The number of alkyl halides is 3. The summed E-state index contributed by atoms with van der Waals surface area (Å²) < 4.78 is 53.0. The van der Waals surface area contributed by atoms with Crippen LogP contribution in [0.1, 0.15) is 24.2 Å². The number of nitrogens with zero attached hydrogens (tertiary/aromatic N) is 6. The third kappa shape index (κ3) is 7.31. The number of hydrogen-bond donors (Lipinski definition) is 2. The molecule has 1 aromatic carbocycles. The van der Waals surface area contributed by atoms with Crippen molar-refractivity contribution in [2.24, 2.45) is 18.9 Å². The van der Waals surface area contributed by atoms with E-state index in [0.717, 1.165) is 30.1 Å². The standard InChI is InChI=1S/C34H37F3N8O4/c1-6-28(46)39-25-11-26(31(48-18-34(35,36)37)42-30(25)45-15-20-13-43(4)14-21(20)16-45)40-33-38-12-23(32(47)49-19(2)3)29(41-33)24-17-44(5)27-10-8-7-9-22(24)27/h6-12,17,19-21H,1,13-16,18H2,2-5H3,(H,39,46)(H,38,40,41)/t20-,21+. The number of halogens is 3. The Hall–Kier alpha value is -5.18. The van der Waals surface area contributed by atoms with Crippen LogP contribution in [-0.4, -0.2) is 88.4 Å².